The van der Waals surface area contributed by atoms with Gasteiger partial charge in [0, 0.05) is 0 Å². The lowest BCUT2D eigenvalue weighted by atomic mass is 9.48. The first kappa shape index (κ1) is 15.7. The molecule has 128 valence electrons. The molecular formula is C21H32O2. The first-order chi connectivity index (χ1) is 10.8. The molecule has 4 aliphatic carbocycles. The Bertz CT molecular complexity index is 591. The lowest BCUT2D eigenvalue weighted by molar-refractivity contribution is -0.163. The zero-order chi connectivity index (χ0) is 16.6. The maximum Gasteiger partial charge on any atom is 0.311 e. The third-order valence-corrected chi connectivity index (χ3v) is 8.79. The van der Waals surface area contributed by atoms with Crippen molar-refractivity contribution in [3.8, 4) is 0 Å². The summed E-state index contributed by atoms with van der Waals surface area (Å²) in [6, 6.07) is 0. The minimum Gasteiger partial charge on any atom is -0.469 e. The molecule has 2 saturated carbocycles. The number of fused-ring (bicyclic) bond motifs is 4. The Morgan fingerprint density at radius 1 is 1.13 bits per heavy atom. The first-order valence-corrected chi connectivity index (χ1v) is 9.60. The molecule has 0 spiro atoms. The van der Waals surface area contributed by atoms with E-state index in [1.54, 1.807) is 18.3 Å². The van der Waals surface area contributed by atoms with E-state index < -0.39 is 0 Å². The molecule has 0 N–H and O–H groups in total. The Morgan fingerprint density at radius 3 is 2.57 bits per heavy atom. The van der Waals surface area contributed by atoms with Gasteiger partial charge in [-0.05, 0) is 74.0 Å². The normalized spacial score (nSPS) is 51.4. The largest absolute Gasteiger partial charge is 0.469 e. The predicted molar refractivity (Wildman–Crippen MR) is 91.8 cm³/mol. The van der Waals surface area contributed by atoms with Crippen molar-refractivity contribution in [1.82, 2.24) is 0 Å². The summed E-state index contributed by atoms with van der Waals surface area (Å²) < 4.78 is 5.23. The summed E-state index contributed by atoms with van der Waals surface area (Å²) in [5.41, 5.74) is 4.10. The number of hydrogen-bond acceptors (Lipinski definition) is 2. The molecule has 0 aliphatic heterocycles. The molecule has 23 heavy (non-hydrogen) atoms. The van der Waals surface area contributed by atoms with Crippen molar-refractivity contribution in [2.75, 3.05) is 7.11 Å². The van der Waals surface area contributed by atoms with E-state index in [0.29, 0.717) is 11.3 Å². The summed E-state index contributed by atoms with van der Waals surface area (Å²) in [5, 5.41) is 0. The number of methoxy groups -OCH3 is 1. The molecule has 0 amide bonds. The van der Waals surface area contributed by atoms with Gasteiger partial charge in [-0.1, -0.05) is 38.3 Å². The number of carbonyl (C=O) groups is 1. The molecule has 2 nitrogen and oxygen atoms in total. The standard InChI is InChI=1S/C21H32O2/c1-13-17-14-7-8-16-20(3,15(14)9-12-19(13,17)2)10-6-11-21(16,4)18(22)23-5/h13,16-17H,6-12H2,1-5H3/t13-,16-,17+,19+,20-,21-/m1/s1. The highest BCUT2D eigenvalue weighted by Gasteiger charge is 2.65. The van der Waals surface area contributed by atoms with Crippen LogP contribution >= 0.6 is 0 Å². The summed E-state index contributed by atoms with van der Waals surface area (Å²) in [6.45, 7) is 9.61. The Balaban J connectivity index is 1.76. The van der Waals surface area contributed by atoms with Crippen LogP contribution in [0.3, 0.4) is 0 Å². The second-order valence-corrected chi connectivity index (χ2v) is 9.55. The molecule has 0 saturated heterocycles. The Labute approximate surface area is 141 Å². The fourth-order valence-corrected chi connectivity index (χ4v) is 7.23. The number of allylic oxidation sites excluding steroid dienone is 2. The van der Waals surface area contributed by atoms with E-state index in [4.69, 9.17) is 4.74 Å². The van der Waals surface area contributed by atoms with Crippen LogP contribution in [0.5, 0.6) is 0 Å². The van der Waals surface area contributed by atoms with Crippen molar-refractivity contribution >= 4 is 5.97 Å². The van der Waals surface area contributed by atoms with Crippen LogP contribution in [0, 0.1) is 34.0 Å². The highest BCUT2D eigenvalue weighted by atomic mass is 16.5. The summed E-state index contributed by atoms with van der Waals surface area (Å²) in [4.78, 5) is 12.6. The molecule has 2 heteroatoms. The van der Waals surface area contributed by atoms with Crippen molar-refractivity contribution in [3.05, 3.63) is 11.1 Å². The van der Waals surface area contributed by atoms with Crippen LogP contribution in [0.15, 0.2) is 11.1 Å². The zero-order valence-electron chi connectivity index (χ0n) is 15.5. The molecule has 0 radical (unpaired) electrons. The Morgan fingerprint density at radius 2 is 1.87 bits per heavy atom. The second-order valence-electron chi connectivity index (χ2n) is 9.55. The maximum atomic E-state index is 12.6. The number of esters is 1. The Hall–Kier alpha value is -0.790. The minimum atomic E-state index is -0.282. The molecule has 0 aromatic carbocycles. The van der Waals surface area contributed by atoms with Crippen LogP contribution < -0.4 is 0 Å². The average molecular weight is 316 g/mol. The molecule has 4 aliphatic rings. The van der Waals surface area contributed by atoms with Crippen molar-refractivity contribution in [2.45, 2.75) is 72.6 Å². The third-order valence-electron chi connectivity index (χ3n) is 8.79. The van der Waals surface area contributed by atoms with Gasteiger partial charge < -0.3 is 4.74 Å². The second kappa shape index (κ2) is 4.64. The van der Waals surface area contributed by atoms with E-state index >= 15 is 0 Å². The summed E-state index contributed by atoms with van der Waals surface area (Å²) in [5.74, 6) is 2.20. The molecule has 6 atom stereocenters. The van der Waals surface area contributed by atoms with Gasteiger partial charge in [-0.15, -0.1) is 0 Å². The van der Waals surface area contributed by atoms with Gasteiger partial charge in [0.2, 0.25) is 0 Å². The van der Waals surface area contributed by atoms with Crippen molar-refractivity contribution < 1.29 is 9.53 Å². The fourth-order valence-electron chi connectivity index (χ4n) is 7.23. The smallest absolute Gasteiger partial charge is 0.311 e. The minimum absolute atomic E-state index is 0.0258. The van der Waals surface area contributed by atoms with Crippen molar-refractivity contribution in [3.63, 3.8) is 0 Å². The lowest BCUT2D eigenvalue weighted by Gasteiger charge is -2.56. The lowest BCUT2D eigenvalue weighted by Crippen LogP contribution is -2.51. The maximum absolute atomic E-state index is 12.6. The molecular weight excluding hydrogens is 284 g/mol. The van der Waals surface area contributed by atoms with Gasteiger partial charge in [0.15, 0.2) is 0 Å². The number of rotatable bonds is 1. The highest BCUT2D eigenvalue weighted by Crippen LogP contribution is 2.73. The molecule has 0 unspecified atom stereocenters. The van der Waals surface area contributed by atoms with Gasteiger partial charge in [-0.25, -0.2) is 0 Å². The van der Waals surface area contributed by atoms with Crippen LogP contribution in [-0.2, 0) is 9.53 Å². The molecule has 0 aromatic heterocycles. The van der Waals surface area contributed by atoms with Gasteiger partial charge in [0.25, 0.3) is 0 Å². The van der Waals surface area contributed by atoms with E-state index in [1.807, 2.05) is 0 Å². The van der Waals surface area contributed by atoms with Crippen LogP contribution in [0.1, 0.15) is 72.6 Å². The van der Waals surface area contributed by atoms with E-state index in [2.05, 4.69) is 27.7 Å². The van der Waals surface area contributed by atoms with Gasteiger partial charge in [-0.2, -0.15) is 0 Å². The van der Waals surface area contributed by atoms with Crippen LogP contribution in [0.25, 0.3) is 0 Å². The highest BCUT2D eigenvalue weighted by molar-refractivity contribution is 5.77. The van der Waals surface area contributed by atoms with Crippen LogP contribution in [-0.4, -0.2) is 13.1 Å². The van der Waals surface area contributed by atoms with Crippen LogP contribution in [0.2, 0.25) is 0 Å². The summed E-state index contributed by atoms with van der Waals surface area (Å²) >= 11 is 0. The molecule has 0 heterocycles. The van der Waals surface area contributed by atoms with E-state index in [9.17, 15) is 4.79 Å². The van der Waals surface area contributed by atoms with E-state index in [-0.39, 0.29) is 16.8 Å². The quantitative estimate of drug-likeness (QED) is 0.495. The monoisotopic (exact) mass is 316 g/mol. The molecule has 4 rings (SSSR count). The molecule has 0 aromatic rings. The zero-order valence-corrected chi connectivity index (χ0v) is 15.5. The summed E-state index contributed by atoms with van der Waals surface area (Å²) in [6.07, 6.45) is 8.46. The van der Waals surface area contributed by atoms with Gasteiger partial charge in [0.1, 0.15) is 0 Å². The van der Waals surface area contributed by atoms with Crippen molar-refractivity contribution in [2.24, 2.45) is 34.0 Å². The predicted octanol–water partition coefficient (Wildman–Crippen LogP) is 5.13. The average Bonchev–Trinajstić information content (AvgIpc) is 3.08. The SMILES string of the molecule is COC(=O)[C@]1(C)CCC[C@]2(C)C3=C(CC[C@@H]12)[C@@H]1[C@@H](C)[C@]1(C)CC3. The third kappa shape index (κ3) is 1.79. The number of hydrogen-bond donors (Lipinski definition) is 0. The topological polar surface area (TPSA) is 26.3 Å². The molecule has 0 bridgehead atoms. The van der Waals surface area contributed by atoms with Gasteiger partial charge in [-0.3, -0.25) is 4.79 Å². The first-order valence-electron chi connectivity index (χ1n) is 9.60. The molecule has 2 fully saturated rings. The Kier molecular flexibility index (Phi) is 3.17. The fraction of sp³-hybridized carbons (Fsp3) is 0.857. The van der Waals surface area contributed by atoms with Crippen molar-refractivity contribution in [1.29, 1.82) is 0 Å². The van der Waals surface area contributed by atoms with E-state index in [0.717, 1.165) is 24.7 Å². The van der Waals surface area contributed by atoms with Gasteiger partial charge in [0.05, 0.1) is 12.5 Å². The van der Waals surface area contributed by atoms with Gasteiger partial charge >= 0.3 is 5.97 Å². The van der Waals surface area contributed by atoms with Crippen LogP contribution in [0.4, 0.5) is 0 Å². The van der Waals surface area contributed by atoms with E-state index in [1.165, 1.54) is 32.1 Å². The number of ether oxygens (including phenoxy) is 1. The number of carbonyl (C=O) groups excluding carboxylic acids is 1. The summed E-state index contributed by atoms with van der Waals surface area (Å²) in [7, 11) is 1.56.